The van der Waals surface area contributed by atoms with E-state index in [2.05, 4.69) is 19.2 Å². The molecule has 19 heavy (non-hydrogen) atoms. The van der Waals surface area contributed by atoms with Crippen LogP contribution in [0.15, 0.2) is 18.2 Å². The van der Waals surface area contributed by atoms with E-state index in [4.69, 9.17) is 10.00 Å². The predicted octanol–water partition coefficient (Wildman–Crippen LogP) is 3.31. The van der Waals surface area contributed by atoms with E-state index in [1.807, 2.05) is 13.0 Å². The lowest BCUT2D eigenvalue weighted by atomic mass is 9.64. The summed E-state index contributed by atoms with van der Waals surface area (Å²) in [5, 5.41) is 12.2. The number of nitrogens with zero attached hydrogens (tertiary/aromatic N) is 1. The number of rotatable bonds is 4. The van der Waals surface area contributed by atoms with Gasteiger partial charge in [0, 0.05) is 23.8 Å². The Hall–Kier alpha value is -1.60. The number of nitrogens with one attached hydrogen (secondary N) is 1. The predicted molar refractivity (Wildman–Crippen MR) is 72.3 cm³/mol. The maximum atomic E-state index is 13.2. The van der Waals surface area contributed by atoms with Crippen molar-refractivity contribution < 1.29 is 9.13 Å². The van der Waals surface area contributed by atoms with Crippen LogP contribution in [0.25, 0.3) is 0 Å². The molecule has 4 heteroatoms. The van der Waals surface area contributed by atoms with E-state index in [9.17, 15) is 4.39 Å². The van der Waals surface area contributed by atoms with Crippen molar-refractivity contribution in [2.45, 2.75) is 39.3 Å². The van der Waals surface area contributed by atoms with Gasteiger partial charge in [0.25, 0.3) is 0 Å². The molecule has 0 radical (unpaired) electrons. The van der Waals surface area contributed by atoms with Gasteiger partial charge in [-0.3, -0.25) is 0 Å². The maximum Gasteiger partial charge on any atom is 0.141 e. The van der Waals surface area contributed by atoms with Crippen LogP contribution in [0.3, 0.4) is 0 Å². The van der Waals surface area contributed by atoms with Crippen molar-refractivity contribution in [2.75, 3.05) is 11.9 Å². The highest BCUT2D eigenvalue weighted by molar-refractivity contribution is 5.51. The third kappa shape index (κ3) is 2.57. The molecular weight excluding hydrogens is 243 g/mol. The van der Waals surface area contributed by atoms with Crippen LogP contribution in [0.4, 0.5) is 10.1 Å². The number of halogens is 1. The zero-order valence-corrected chi connectivity index (χ0v) is 11.5. The molecule has 0 spiro atoms. The summed E-state index contributed by atoms with van der Waals surface area (Å²) in [6, 6.07) is 6.68. The Kier molecular flexibility index (Phi) is 3.77. The third-order valence-corrected chi connectivity index (χ3v) is 3.97. The quantitative estimate of drug-likeness (QED) is 0.905. The highest BCUT2D eigenvalue weighted by Gasteiger charge is 2.48. The van der Waals surface area contributed by atoms with E-state index in [1.165, 1.54) is 6.07 Å². The molecule has 1 aliphatic rings. The molecule has 102 valence electrons. The summed E-state index contributed by atoms with van der Waals surface area (Å²) in [7, 11) is 0. The highest BCUT2D eigenvalue weighted by atomic mass is 19.1. The monoisotopic (exact) mass is 262 g/mol. The normalized spacial score (nSPS) is 24.4. The fraction of sp³-hybridized carbons (Fsp3) is 0.533. The number of ether oxygens (including phenoxy) is 1. The molecule has 1 fully saturated rings. The average molecular weight is 262 g/mol. The molecule has 2 atom stereocenters. The first kappa shape index (κ1) is 13.8. The van der Waals surface area contributed by atoms with Crippen LogP contribution in [0.2, 0.25) is 0 Å². The summed E-state index contributed by atoms with van der Waals surface area (Å²) in [6.45, 7) is 7.03. The minimum Gasteiger partial charge on any atom is -0.382 e. The van der Waals surface area contributed by atoms with Gasteiger partial charge in [-0.2, -0.15) is 5.26 Å². The lowest BCUT2D eigenvalue weighted by Gasteiger charge is -2.52. The van der Waals surface area contributed by atoms with Crippen molar-refractivity contribution in [1.82, 2.24) is 0 Å². The maximum absolute atomic E-state index is 13.2. The van der Waals surface area contributed by atoms with Gasteiger partial charge in [-0.05, 0) is 31.5 Å². The molecule has 0 aromatic heterocycles. The molecule has 0 heterocycles. The van der Waals surface area contributed by atoms with Crippen LogP contribution in [0.1, 0.15) is 32.8 Å². The molecule has 1 aromatic rings. The van der Waals surface area contributed by atoms with Crippen molar-refractivity contribution in [1.29, 1.82) is 5.26 Å². The number of nitriles is 1. The van der Waals surface area contributed by atoms with Gasteiger partial charge in [0.2, 0.25) is 0 Å². The second kappa shape index (κ2) is 5.18. The van der Waals surface area contributed by atoms with Crippen LogP contribution in [-0.2, 0) is 4.74 Å². The van der Waals surface area contributed by atoms with Crippen LogP contribution in [0.5, 0.6) is 0 Å². The molecule has 0 saturated heterocycles. The molecule has 0 aliphatic heterocycles. The molecule has 2 rings (SSSR count). The Balaban J connectivity index is 2.06. The lowest BCUT2D eigenvalue weighted by molar-refractivity contribution is -0.0975. The molecule has 0 amide bonds. The van der Waals surface area contributed by atoms with E-state index < -0.39 is 5.82 Å². The SMILES string of the molecule is CCOC1CC(Nc2ccc(F)c(C#N)c2)C1(C)C. The van der Waals surface area contributed by atoms with E-state index in [-0.39, 0.29) is 23.1 Å². The van der Waals surface area contributed by atoms with Crippen molar-refractivity contribution >= 4 is 5.69 Å². The lowest BCUT2D eigenvalue weighted by Crippen LogP contribution is -2.58. The van der Waals surface area contributed by atoms with Gasteiger partial charge < -0.3 is 10.1 Å². The van der Waals surface area contributed by atoms with Gasteiger partial charge in [0.1, 0.15) is 11.9 Å². The topological polar surface area (TPSA) is 45.0 Å². The van der Waals surface area contributed by atoms with Gasteiger partial charge in [-0.25, -0.2) is 4.39 Å². The third-order valence-electron chi connectivity index (χ3n) is 3.97. The van der Waals surface area contributed by atoms with E-state index in [0.717, 1.165) is 18.7 Å². The molecule has 2 unspecified atom stereocenters. The van der Waals surface area contributed by atoms with Crippen molar-refractivity contribution in [2.24, 2.45) is 5.41 Å². The van der Waals surface area contributed by atoms with Crippen molar-refractivity contribution in [3.63, 3.8) is 0 Å². The minimum absolute atomic E-state index is 0.0389. The van der Waals surface area contributed by atoms with E-state index in [0.29, 0.717) is 0 Å². The minimum atomic E-state index is -0.479. The van der Waals surface area contributed by atoms with E-state index in [1.54, 1.807) is 12.1 Å². The Morgan fingerprint density at radius 3 is 2.84 bits per heavy atom. The van der Waals surface area contributed by atoms with Crippen LogP contribution in [-0.4, -0.2) is 18.8 Å². The fourth-order valence-corrected chi connectivity index (χ4v) is 2.52. The molecule has 1 aliphatic carbocycles. The summed E-state index contributed by atoms with van der Waals surface area (Å²) in [6.07, 6.45) is 1.19. The first-order valence-electron chi connectivity index (χ1n) is 6.56. The second-order valence-electron chi connectivity index (χ2n) is 5.50. The molecule has 0 bridgehead atoms. The van der Waals surface area contributed by atoms with Crippen molar-refractivity contribution in [3.8, 4) is 6.07 Å². The van der Waals surface area contributed by atoms with Gasteiger partial charge in [-0.1, -0.05) is 13.8 Å². The van der Waals surface area contributed by atoms with Crippen LogP contribution < -0.4 is 5.32 Å². The number of anilines is 1. The molecule has 1 aromatic carbocycles. The summed E-state index contributed by atoms with van der Waals surface area (Å²) in [4.78, 5) is 0. The number of hydrogen-bond acceptors (Lipinski definition) is 3. The average Bonchev–Trinajstić information content (AvgIpc) is 2.39. The summed E-state index contributed by atoms with van der Waals surface area (Å²) in [5.74, 6) is -0.479. The van der Waals surface area contributed by atoms with E-state index >= 15 is 0 Å². The van der Waals surface area contributed by atoms with Gasteiger partial charge in [-0.15, -0.1) is 0 Å². The smallest absolute Gasteiger partial charge is 0.141 e. The van der Waals surface area contributed by atoms with Gasteiger partial charge in [0.05, 0.1) is 11.7 Å². The molecule has 1 saturated carbocycles. The summed E-state index contributed by atoms with van der Waals surface area (Å²) >= 11 is 0. The molecule has 3 nitrogen and oxygen atoms in total. The van der Waals surface area contributed by atoms with Crippen molar-refractivity contribution in [3.05, 3.63) is 29.6 Å². The Bertz CT molecular complexity index is 507. The fourth-order valence-electron chi connectivity index (χ4n) is 2.52. The van der Waals surface area contributed by atoms with Gasteiger partial charge >= 0.3 is 0 Å². The highest BCUT2D eigenvalue weighted by Crippen LogP contribution is 2.44. The molecule has 1 N–H and O–H groups in total. The van der Waals surface area contributed by atoms with Crippen LogP contribution in [0, 0.1) is 22.6 Å². The Morgan fingerprint density at radius 1 is 1.53 bits per heavy atom. The summed E-state index contributed by atoms with van der Waals surface area (Å²) in [5.41, 5.74) is 0.895. The Labute approximate surface area is 113 Å². The van der Waals surface area contributed by atoms with Gasteiger partial charge in [0.15, 0.2) is 0 Å². The first-order valence-corrected chi connectivity index (χ1v) is 6.56. The standard InChI is InChI=1S/C15H19FN2O/c1-4-19-14-8-13(15(14,2)3)18-11-5-6-12(16)10(7-11)9-17/h5-7,13-14,18H,4,8H2,1-3H3. The zero-order chi connectivity index (χ0) is 14.0. The zero-order valence-electron chi connectivity index (χ0n) is 11.5. The Morgan fingerprint density at radius 2 is 2.26 bits per heavy atom. The number of hydrogen-bond donors (Lipinski definition) is 1. The van der Waals surface area contributed by atoms with Crippen LogP contribution >= 0.6 is 0 Å². The first-order chi connectivity index (χ1) is 8.98. The largest absolute Gasteiger partial charge is 0.382 e. The molecular formula is C15H19FN2O. The number of benzene rings is 1. The summed E-state index contributed by atoms with van der Waals surface area (Å²) < 4.78 is 18.9. The second-order valence-corrected chi connectivity index (χ2v) is 5.50.